The van der Waals surface area contributed by atoms with Gasteiger partial charge in [0.25, 0.3) is 0 Å². The summed E-state index contributed by atoms with van der Waals surface area (Å²) >= 11 is 4.47. The quantitative estimate of drug-likeness (QED) is 0.172. The molecule has 0 heterocycles. The summed E-state index contributed by atoms with van der Waals surface area (Å²) in [5, 5.41) is 24.0. The van der Waals surface area contributed by atoms with Crippen LogP contribution in [-0.2, 0) is 0 Å². The van der Waals surface area contributed by atoms with E-state index in [9.17, 15) is 0 Å². The van der Waals surface area contributed by atoms with Crippen molar-refractivity contribution in [1.82, 2.24) is 0 Å². The van der Waals surface area contributed by atoms with E-state index in [0.29, 0.717) is 30.5 Å². The summed E-state index contributed by atoms with van der Waals surface area (Å²) < 4.78 is 0. The van der Waals surface area contributed by atoms with Gasteiger partial charge in [0, 0.05) is 19.8 Å². The molecule has 7 heteroatoms. The maximum atomic E-state index is 7.99. The first kappa shape index (κ1) is 38.1. The first-order valence-corrected chi connectivity index (χ1v) is 17.4. The zero-order valence-electron chi connectivity index (χ0n) is 26.5. The standard InChI is InChI=1S/C24H42S.3C3H9NO/c1-17(7-6-16-25)20-11-12-21-19-10-9-18-8-4-5-14-23(18,2)22(19)13-15-24(20,21)3;3*4-2-1-3-5/h17-22,25H,4-16H2,1-3H3;3*5H,1-4H2/t17-,18?,19?,20?,21?,22?,23?,24?;;;/m1.../s1. The predicted octanol–water partition coefficient (Wildman–Crippen LogP) is 5.36. The molecule has 4 saturated carbocycles. The number of thiol groups is 1. The maximum Gasteiger partial charge on any atom is 0.0443 e. The van der Waals surface area contributed by atoms with Gasteiger partial charge in [-0.3, -0.25) is 0 Å². The lowest BCUT2D eigenvalue weighted by Crippen LogP contribution is -2.53. The Bertz CT molecular complexity index is 609. The SMILES string of the molecule is C[C@H](CCCS)C1CCC2C3CCC4CCCCC4(C)C3CCC21C.NCCCO.NCCCO.NCCCO. The van der Waals surface area contributed by atoms with Gasteiger partial charge in [-0.1, -0.05) is 33.6 Å². The normalized spacial score (nSPS) is 34.8. The van der Waals surface area contributed by atoms with E-state index in [2.05, 4.69) is 33.4 Å². The van der Waals surface area contributed by atoms with Crippen LogP contribution in [0.3, 0.4) is 0 Å². The topological polar surface area (TPSA) is 139 Å². The van der Waals surface area contributed by atoms with Gasteiger partial charge >= 0.3 is 0 Å². The van der Waals surface area contributed by atoms with Crippen LogP contribution in [0.15, 0.2) is 0 Å². The number of hydrogen-bond donors (Lipinski definition) is 7. The van der Waals surface area contributed by atoms with Crippen molar-refractivity contribution in [3.8, 4) is 0 Å². The molecule has 4 fully saturated rings. The van der Waals surface area contributed by atoms with Gasteiger partial charge in [0.15, 0.2) is 0 Å². The number of aliphatic hydroxyl groups is 3. The van der Waals surface area contributed by atoms with Gasteiger partial charge in [-0.25, -0.2) is 0 Å². The third-order valence-electron chi connectivity index (χ3n) is 11.2. The van der Waals surface area contributed by atoms with Crippen molar-refractivity contribution >= 4 is 12.6 Å². The largest absolute Gasteiger partial charge is 0.396 e. The third kappa shape index (κ3) is 10.7. The van der Waals surface area contributed by atoms with Crippen LogP contribution in [0.4, 0.5) is 0 Å². The molecule has 0 radical (unpaired) electrons. The molecule has 0 amide bonds. The first-order valence-electron chi connectivity index (χ1n) is 16.8. The van der Waals surface area contributed by atoms with Gasteiger partial charge in [-0.2, -0.15) is 12.6 Å². The number of nitrogens with two attached hydrogens (primary N) is 3. The number of aliphatic hydroxyl groups excluding tert-OH is 3. The Labute approximate surface area is 253 Å². The maximum absolute atomic E-state index is 7.99. The van der Waals surface area contributed by atoms with E-state index < -0.39 is 0 Å². The van der Waals surface area contributed by atoms with Gasteiger partial charge in [0.2, 0.25) is 0 Å². The average molecular weight is 588 g/mol. The van der Waals surface area contributed by atoms with Crippen LogP contribution in [0, 0.1) is 46.3 Å². The van der Waals surface area contributed by atoms with E-state index >= 15 is 0 Å². The molecule has 4 aliphatic carbocycles. The molecule has 0 aromatic heterocycles. The van der Waals surface area contributed by atoms with Crippen LogP contribution >= 0.6 is 12.6 Å². The molecular weight excluding hydrogens is 518 g/mol. The lowest BCUT2D eigenvalue weighted by atomic mass is 9.44. The van der Waals surface area contributed by atoms with Crippen molar-refractivity contribution in [2.24, 2.45) is 63.5 Å². The zero-order chi connectivity index (χ0) is 30.0. The number of fused-ring (bicyclic) bond motifs is 5. The molecule has 40 heavy (non-hydrogen) atoms. The highest BCUT2D eigenvalue weighted by atomic mass is 32.1. The summed E-state index contributed by atoms with van der Waals surface area (Å²) in [6, 6.07) is 0. The molecule has 0 aromatic rings. The Morgan fingerprint density at radius 2 is 1.27 bits per heavy atom. The van der Waals surface area contributed by atoms with E-state index in [4.69, 9.17) is 32.5 Å². The smallest absolute Gasteiger partial charge is 0.0443 e. The van der Waals surface area contributed by atoms with Gasteiger partial charge in [0.1, 0.15) is 0 Å². The molecule has 240 valence electrons. The minimum atomic E-state index is 0.219. The molecule has 9 N–H and O–H groups in total. The van der Waals surface area contributed by atoms with Crippen molar-refractivity contribution in [3.63, 3.8) is 0 Å². The molecule has 7 unspecified atom stereocenters. The molecule has 0 aliphatic heterocycles. The molecule has 4 aliphatic rings. The van der Waals surface area contributed by atoms with Crippen LogP contribution in [0.5, 0.6) is 0 Å². The van der Waals surface area contributed by atoms with Crippen molar-refractivity contribution in [2.75, 3.05) is 45.2 Å². The molecule has 0 spiro atoms. The molecule has 6 nitrogen and oxygen atoms in total. The lowest BCUT2D eigenvalue weighted by molar-refractivity contribution is -0.114. The Morgan fingerprint density at radius 3 is 1.77 bits per heavy atom. The predicted molar refractivity (Wildman–Crippen MR) is 174 cm³/mol. The van der Waals surface area contributed by atoms with Crippen molar-refractivity contribution in [2.45, 2.75) is 117 Å². The second-order valence-electron chi connectivity index (χ2n) is 13.6. The molecule has 0 bridgehead atoms. The van der Waals surface area contributed by atoms with Crippen LogP contribution in [0.1, 0.15) is 117 Å². The second-order valence-corrected chi connectivity index (χ2v) is 14.0. The molecule has 0 saturated heterocycles. The molecule has 4 rings (SSSR count). The van der Waals surface area contributed by atoms with Gasteiger partial charge < -0.3 is 32.5 Å². The van der Waals surface area contributed by atoms with Gasteiger partial charge in [-0.05, 0) is 155 Å². The molecule has 0 aromatic carbocycles. The fourth-order valence-corrected chi connectivity index (χ4v) is 9.34. The van der Waals surface area contributed by atoms with E-state index in [-0.39, 0.29) is 19.8 Å². The Hall–Kier alpha value is 0.110. The summed E-state index contributed by atoms with van der Waals surface area (Å²) in [6.07, 6.45) is 20.3. The van der Waals surface area contributed by atoms with Gasteiger partial charge in [0.05, 0.1) is 0 Å². The van der Waals surface area contributed by atoms with Crippen LogP contribution in [-0.4, -0.2) is 60.5 Å². The minimum absolute atomic E-state index is 0.219. The van der Waals surface area contributed by atoms with Crippen LogP contribution in [0.2, 0.25) is 0 Å². The van der Waals surface area contributed by atoms with Gasteiger partial charge in [-0.15, -0.1) is 0 Å². The van der Waals surface area contributed by atoms with Crippen LogP contribution < -0.4 is 17.2 Å². The Morgan fingerprint density at radius 1 is 0.700 bits per heavy atom. The lowest BCUT2D eigenvalue weighted by Gasteiger charge is -2.61. The summed E-state index contributed by atoms with van der Waals surface area (Å²) in [5.41, 5.74) is 16.3. The monoisotopic (exact) mass is 588 g/mol. The highest BCUT2D eigenvalue weighted by Crippen LogP contribution is 2.68. The summed E-state index contributed by atoms with van der Waals surface area (Å²) in [5.74, 6) is 7.24. The van der Waals surface area contributed by atoms with Crippen molar-refractivity contribution in [1.29, 1.82) is 0 Å². The second kappa shape index (κ2) is 20.9. The minimum Gasteiger partial charge on any atom is -0.396 e. The third-order valence-corrected chi connectivity index (χ3v) is 11.6. The summed E-state index contributed by atoms with van der Waals surface area (Å²) in [7, 11) is 0. The van der Waals surface area contributed by atoms with Crippen molar-refractivity contribution in [3.05, 3.63) is 0 Å². The van der Waals surface area contributed by atoms with Crippen molar-refractivity contribution < 1.29 is 15.3 Å². The number of rotatable bonds is 10. The Kier molecular flexibility index (Phi) is 19.9. The fourth-order valence-electron chi connectivity index (χ4n) is 9.16. The average Bonchev–Trinajstić information content (AvgIpc) is 3.31. The highest BCUT2D eigenvalue weighted by Gasteiger charge is 2.59. The first-order chi connectivity index (χ1) is 19.2. The van der Waals surface area contributed by atoms with E-state index in [0.717, 1.165) is 60.5 Å². The summed E-state index contributed by atoms with van der Waals surface area (Å²) in [6.45, 7) is 10.4. The highest BCUT2D eigenvalue weighted by molar-refractivity contribution is 7.80. The van der Waals surface area contributed by atoms with E-state index in [1.807, 2.05) is 0 Å². The summed E-state index contributed by atoms with van der Waals surface area (Å²) in [4.78, 5) is 0. The van der Waals surface area contributed by atoms with E-state index in [1.54, 1.807) is 38.5 Å². The van der Waals surface area contributed by atoms with Crippen LogP contribution in [0.25, 0.3) is 0 Å². The zero-order valence-corrected chi connectivity index (χ0v) is 27.4. The fraction of sp³-hybridized carbons (Fsp3) is 1.00. The molecule has 8 atom stereocenters. The molecular formula is C33H69N3O3S. The Balaban J connectivity index is 0.000000442. The van der Waals surface area contributed by atoms with E-state index in [1.165, 1.54) is 38.5 Å². The number of hydrogen-bond acceptors (Lipinski definition) is 7.